The predicted octanol–water partition coefficient (Wildman–Crippen LogP) is 1.40. The topological polar surface area (TPSA) is 58.2 Å². The summed E-state index contributed by atoms with van der Waals surface area (Å²) in [5.41, 5.74) is 2.12. The van der Waals surface area contributed by atoms with Crippen molar-refractivity contribution in [3.8, 4) is 0 Å². The third-order valence-corrected chi connectivity index (χ3v) is 4.68. The maximum Gasteiger partial charge on any atom is 0.240 e. The summed E-state index contributed by atoms with van der Waals surface area (Å²) in [5, 5.41) is 3.05. The van der Waals surface area contributed by atoms with Crippen LogP contribution in [0.5, 0.6) is 0 Å². The molecule has 100 valence electrons. The van der Waals surface area contributed by atoms with E-state index in [0.717, 1.165) is 24.0 Å². The van der Waals surface area contributed by atoms with Crippen molar-refractivity contribution in [1.82, 2.24) is 10.0 Å². The van der Waals surface area contributed by atoms with Crippen LogP contribution in [-0.2, 0) is 16.6 Å². The number of hydrogen-bond donors (Lipinski definition) is 2. The molecule has 0 heterocycles. The normalized spacial score (nSPS) is 15.9. The van der Waals surface area contributed by atoms with E-state index in [-0.39, 0.29) is 0 Å². The average molecular weight is 268 g/mol. The van der Waals surface area contributed by atoms with Crippen LogP contribution in [0.1, 0.15) is 24.0 Å². The molecular formula is C13H20N2O2S. The van der Waals surface area contributed by atoms with E-state index in [2.05, 4.69) is 10.0 Å². The Labute approximate surface area is 109 Å². The first-order valence-electron chi connectivity index (χ1n) is 6.27. The van der Waals surface area contributed by atoms with Crippen LogP contribution in [0.25, 0.3) is 0 Å². The summed E-state index contributed by atoms with van der Waals surface area (Å²) < 4.78 is 26.9. The van der Waals surface area contributed by atoms with E-state index in [1.807, 2.05) is 20.0 Å². The number of rotatable bonds is 6. The van der Waals surface area contributed by atoms with Crippen LogP contribution in [0.4, 0.5) is 0 Å². The maximum atomic E-state index is 12.1. The van der Waals surface area contributed by atoms with Gasteiger partial charge >= 0.3 is 0 Å². The van der Waals surface area contributed by atoms with Gasteiger partial charge in [0.1, 0.15) is 0 Å². The first kappa shape index (κ1) is 13.5. The summed E-state index contributed by atoms with van der Waals surface area (Å²) in [4.78, 5) is 0.360. The van der Waals surface area contributed by atoms with Crippen molar-refractivity contribution in [2.24, 2.45) is 5.92 Å². The molecular weight excluding hydrogens is 248 g/mol. The summed E-state index contributed by atoms with van der Waals surface area (Å²) in [7, 11) is -1.50. The molecule has 1 saturated carbocycles. The van der Waals surface area contributed by atoms with E-state index in [1.165, 1.54) is 0 Å². The fourth-order valence-corrected chi connectivity index (χ4v) is 3.00. The van der Waals surface area contributed by atoms with Crippen molar-refractivity contribution in [3.63, 3.8) is 0 Å². The van der Waals surface area contributed by atoms with Crippen LogP contribution in [-0.4, -0.2) is 22.0 Å². The van der Waals surface area contributed by atoms with Gasteiger partial charge in [0, 0.05) is 13.1 Å². The second-order valence-electron chi connectivity index (χ2n) is 4.91. The lowest BCUT2D eigenvalue weighted by Gasteiger charge is -2.10. The minimum absolute atomic E-state index is 0.360. The Hall–Kier alpha value is -0.910. The largest absolute Gasteiger partial charge is 0.316 e. The average Bonchev–Trinajstić information content (AvgIpc) is 3.13. The van der Waals surface area contributed by atoms with Crippen LogP contribution in [0.3, 0.4) is 0 Å². The van der Waals surface area contributed by atoms with Crippen LogP contribution < -0.4 is 10.0 Å². The molecule has 0 saturated heterocycles. The zero-order chi connectivity index (χ0) is 13.2. The van der Waals surface area contributed by atoms with Gasteiger partial charge in [-0.1, -0.05) is 6.07 Å². The minimum atomic E-state index is -3.35. The van der Waals surface area contributed by atoms with Crippen molar-refractivity contribution in [2.45, 2.75) is 31.2 Å². The van der Waals surface area contributed by atoms with Crippen LogP contribution in [0.15, 0.2) is 23.1 Å². The Kier molecular flexibility index (Phi) is 4.04. The highest BCUT2D eigenvalue weighted by atomic mass is 32.2. The fraction of sp³-hybridized carbons (Fsp3) is 0.538. The van der Waals surface area contributed by atoms with Crippen molar-refractivity contribution in [3.05, 3.63) is 29.3 Å². The maximum absolute atomic E-state index is 12.1. The van der Waals surface area contributed by atoms with Gasteiger partial charge in [-0.2, -0.15) is 0 Å². The van der Waals surface area contributed by atoms with Crippen LogP contribution >= 0.6 is 0 Å². The number of benzene rings is 1. The van der Waals surface area contributed by atoms with E-state index >= 15 is 0 Å². The summed E-state index contributed by atoms with van der Waals surface area (Å²) >= 11 is 0. The lowest BCUT2D eigenvalue weighted by atomic mass is 10.1. The third kappa shape index (κ3) is 3.31. The number of aryl methyl sites for hydroxylation is 1. The van der Waals surface area contributed by atoms with Gasteiger partial charge in [-0.15, -0.1) is 0 Å². The first-order valence-corrected chi connectivity index (χ1v) is 7.75. The zero-order valence-electron chi connectivity index (χ0n) is 10.9. The SMILES string of the molecule is CNCc1cc(S(=O)(=O)NCC2CC2)ccc1C. The lowest BCUT2D eigenvalue weighted by Crippen LogP contribution is -2.26. The summed E-state index contributed by atoms with van der Waals surface area (Å²) in [6.07, 6.45) is 2.28. The highest BCUT2D eigenvalue weighted by Crippen LogP contribution is 2.28. The van der Waals surface area contributed by atoms with Crippen LogP contribution in [0.2, 0.25) is 0 Å². The van der Waals surface area contributed by atoms with Gasteiger partial charge in [0.15, 0.2) is 0 Å². The Morgan fingerprint density at radius 2 is 2.06 bits per heavy atom. The van der Waals surface area contributed by atoms with E-state index in [4.69, 9.17) is 0 Å². The third-order valence-electron chi connectivity index (χ3n) is 3.26. The molecule has 0 bridgehead atoms. The Bertz CT molecular complexity index is 522. The molecule has 5 heteroatoms. The van der Waals surface area contributed by atoms with E-state index < -0.39 is 10.0 Å². The molecule has 0 amide bonds. The standard InChI is InChI=1S/C13H20N2O2S/c1-10-3-6-13(7-12(10)9-14-2)18(16,17)15-8-11-4-5-11/h3,6-7,11,14-15H,4-5,8-9H2,1-2H3. The molecule has 2 N–H and O–H groups in total. The van der Waals surface area contributed by atoms with Gasteiger partial charge in [-0.25, -0.2) is 13.1 Å². The van der Waals surface area contributed by atoms with Gasteiger partial charge in [-0.05, 0) is 56.0 Å². The molecule has 0 aliphatic heterocycles. The molecule has 2 rings (SSSR count). The zero-order valence-corrected chi connectivity index (χ0v) is 11.7. The molecule has 1 aliphatic carbocycles. The molecule has 1 aliphatic rings. The predicted molar refractivity (Wildman–Crippen MR) is 71.9 cm³/mol. The molecule has 0 atom stereocenters. The summed E-state index contributed by atoms with van der Waals surface area (Å²) in [6, 6.07) is 5.28. The van der Waals surface area contributed by atoms with Crippen molar-refractivity contribution in [2.75, 3.05) is 13.6 Å². The van der Waals surface area contributed by atoms with Crippen LogP contribution in [0, 0.1) is 12.8 Å². The number of sulfonamides is 1. The molecule has 1 fully saturated rings. The van der Waals surface area contributed by atoms with Gasteiger partial charge in [0.05, 0.1) is 4.90 Å². The molecule has 18 heavy (non-hydrogen) atoms. The van der Waals surface area contributed by atoms with Crippen molar-refractivity contribution >= 4 is 10.0 Å². The lowest BCUT2D eigenvalue weighted by molar-refractivity contribution is 0.577. The smallest absolute Gasteiger partial charge is 0.240 e. The number of nitrogens with one attached hydrogen (secondary N) is 2. The van der Waals surface area contributed by atoms with E-state index in [0.29, 0.717) is 23.9 Å². The minimum Gasteiger partial charge on any atom is -0.316 e. The number of hydrogen-bond acceptors (Lipinski definition) is 3. The molecule has 1 aromatic carbocycles. The highest BCUT2D eigenvalue weighted by molar-refractivity contribution is 7.89. The summed E-state index contributed by atoms with van der Waals surface area (Å²) in [5.74, 6) is 0.544. The molecule has 4 nitrogen and oxygen atoms in total. The second-order valence-corrected chi connectivity index (χ2v) is 6.68. The van der Waals surface area contributed by atoms with Gasteiger partial charge in [0.2, 0.25) is 10.0 Å². The van der Waals surface area contributed by atoms with Gasteiger partial charge in [-0.3, -0.25) is 0 Å². The van der Waals surface area contributed by atoms with E-state index in [1.54, 1.807) is 12.1 Å². The van der Waals surface area contributed by atoms with Crippen molar-refractivity contribution < 1.29 is 8.42 Å². The van der Waals surface area contributed by atoms with Gasteiger partial charge < -0.3 is 5.32 Å². The fourth-order valence-electron chi connectivity index (χ4n) is 1.83. The molecule has 1 aromatic rings. The van der Waals surface area contributed by atoms with Gasteiger partial charge in [0.25, 0.3) is 0 Å². The Morgan fingerprint density at radius 3 is 2.67 bits per heavy atom. The van der Waals surface area contributed by atoms with Crippen molar-refractivity contribution in [1.29, 1.82) is 0 Å². The second kappa shape index (κ2) is 5.38. The van der Waals surface area contributed by atoms with E-state index in [9.17, 15) is 8.42 Å². The Balaban J connectivity index is 2.17. The molecule has 0 unspecified atom stereocenters. The first-order chi connectivity index (χ1) is 8.53. The highest BCUT2D eigenvalue weighted by Gasteiger charge is 2.24. The quantitative estimate of drug-likeness (QED) is 0.820. The Morgan fingerprint density at radius 1 is 1.33 bits per heavy atom. The molecule has 0 radical (unpaired) electrons. The molecule has 0 spiro atoms. The molecule has 0 aromatic heterocycles. The monoisotopic (exact) mass is 268 g/mol. The summed E-state index contributed by atoms with van der Waals surface area (Å²) in [6.45, 7) is 3.23.